The molecule has 12 heteroatoms. The fourth-order valence-corrected chi connectivity index (χ4v) is 5.14. The van der Waals surface area contributed by atoms with Crippen LogP contribution in [0.25, 0.3) is 0 Å². The predicted octanol–water partition coefficient (Wildman–Crippen LogP) is 2.99. The van der Waals surface area contributed by atoms with Crippen LogP contribution in [0.4, 0.5) is 10.5 Å². The van der Waals surface area contributed by atoms with Crippen LogP contribution >= 0.6 is 0 Å². The van der Waals surface area contributed by atoms with Crippen molar-refractivity contribution in [2.45, 2.75) is 56.4 Å². The van der Waals surface area contributed by atoms with Crippen LogP contribution in [0, 0.1) is 10.1 Å². The van der Waals surface area contributed by atoms with Gasteiger partial charge in [-0.2, -0.15) is 4.31 Å². The first-order valence-corrected chi connectivity index (χ1v) is 12.3. The van der Waals surface area contributed by atoms with Crippen molar-refractivity contribution in [1.29, 1.82) is 0 Å². The minimum Gasteiger partial charge on any atom is -0.459 e. The molecule has 0 radical (unpaired) electrons. The number of nitrogens with one attached hydrogen (secondary N) is 1. The molecule has 1 aliphatic heterocycles. The van der Waals surface area contributed by atoms with E-state index < -0.39 is 44.7 Å². The molecule has 1 fully saturated rings. The van der Waals surface area contributed by atoms with Crippen LogP contribution in [-0.4, -0.2) is 53.9 Å². The van der Waals surface area contributed by atoms with Crippen LogP contribution in [0.15, 0.2) is 59.5 Å². The van der Waals surface area contributed by atoms with E-state index in [0.717, 1.165) is 34.1 Å². The summed E-state index contributed by atoms with van der Waals surface area (Å²) in [5.74, 6) is -0.812. The highest BCUT2D eigenvalue weighted by molar-refractivity contribution is 7.89. The number of esters is 1. The Bertz CT molecular complexity index is 1180. The third-order valence-electron chi connectivity index (χ3n) is 5.20. The molecule has 11 nitrogen and oxygen atoms in total. The number of benzene rings is 2. The summed E-state index contributed by atoms with van der Waals surface area (Å²) in [6.07, 6.45) is -0.605. The summed E-state index contributed by atoms with van der Waals surface area (Å²) in [6.45, 7) is 5.01. The second-order valence-electron chi connectivity index (χ2n) is 8.94. The fraction of sp³-hybridized carbons (Fsp3) is 0.391. The van der Waals surface area contributed by atoms with Gasteiger partial charge in [-0.1, -0.05) is 30.3 Å². The number of hydrogen-bond acceptors (Lipinski definition) is 8. The van der Waals surface area contributed by atoms with Crippen molar-refractivity contribution in [3.8, 4) is 0 Å². The summed E-state index contributed by atoms with van der Waals surface area (Å²) in [6, 6.07) is 11.1. The largest absolute Gasteiger partial charge is 0.459 e. The van der Waals surface area contributed by atoms with Crippen LogP contribution in [0.3, 0.4) is 0 Å². The van der Waals surface area contributed by atoms with Gasteiger partial charge in [-0.15, -0.1) is 0 Å². The molecule has 0 aromatic heterocycles. The van der Waals surface area contributed by atoms with Gasteiger partial charge < -0.3 is 14.8 Å². The van der Waals surface area contributed by atoms with Crippen molar-refractivity contribution in [2.24, 2.45) is 0 Å². The number of ether oxygens (including phenoxy) is 2. The monoisotopic (exact) mass is 505 g/mol. The molecule has 0 bridgehead atoms. The topological polar surface area (TPSA) is 145 Å². The van der Waals surface area contributed by atoms with E-state index >= 15 is 0 Å². The van der Waals surface area contributed by atoms with Crippen molar-refractivity contribution < 1.29 is 32.4 Å². The third kappa shape index (κ3) is 6.55. The molecule has 1 heterocycles. The van der Waals surface area contributed by atoms with E-state index in [1.54, 1.807) is 45.0 Å². The minimum absolute atomic E-state index is 0.0615. The Kier molecular flexibility index (Phi) is 7.76. The Morgan fingerprint density at radius 3 is 2.29 bits per heavy atom. The Morgan fingerprint density at radius 2 is 1.77 bits per heavy atom. The van der Waals surface area contributed by atoms with E-state index in [-0.39, 0.29) is 30.2 Å². The van der Waals surface area contributed by atoms with Crippen molar-refractivity contribution in [1.82, 2.24) is 9.62 Å². The standard InChI is InChI=1S/C23H27N3O8S/c1-23(2,3)34-22(28)24-20(21(27)33-15-16-7-5-4-6-8-16)19-13-14-25(19)35(31,32)18-11-9-17(10-12-18)26(29)30/h4-12,19-20H,13-15H2,1-3H3,(H,24,28)/t19-,20+/m0/s1. The maximum absolute atomic E-state index is 13.2. The molecule has 1 amide bonds. The smallest absolute Gasteiger partial charge is 0.408 e. The van der Waals surface area contributed by atoms with Gasteiger partial charge in [-0.25, -0.2) is 18.0 Å². The lowest BCUT2D eigenvalue weighted by Gasteiger charge is -2.43. The van der Waals surface area contributed by atoms with Gasteiger partial charge in [0.05, 0.1) is 15.9 Å². The van der Waals surface area contributed by atoms with Crippen molar-refractivity contribution in [3.05, 3.63) is 70.3 Å². The Balaban J connectivity index is 1.81. The van der Waals surface area contributed by atoms with E-state index in [0.29, 0.717) is 0 Å². The van der Waals surface area contributed by atoms with Crippen LogP contribution in [0.5, 0.6) is 0 Å². The molecule has 0 aliphatic carbocycles. The molecule has 0 unspecified atom stereocenters. The second-order valence-corrected chi connectivity index (χ2v) is 10.8. The number of carbonyl (C=O) groups is 2. The van der Waals surface area contributed by atoms with Crippen molar-refractivity contribution in [3.63, 3.8) is 0 Å². The average molecular weight is 506 g/mol. The molecular weight excluding hydrogens is 478 g/mol. The molecule has 0 spiro atoms. The molecule has 1 aliphatic rings. The van der Waals surface area contributed by atoms with Crippen molar-refractivity contribution in [2.75, 3.05) is 6.54 Å². The molecule has 3 rings (SSSR count). The maximum Gasteiger partial charge on any atom is 0.408 e. The first kappa shape index (κ1) is 26.1. The zero-order chi connectivity index (χ0) is 25.8. The molecule has 188 valence electrons. The summed E-state index contributed by atoms with van der Waals surface area (Å²) in [4.78, 5) is 35.5. The summed E-state index contributed by atoms with van der Waals surface area (Å²) in [7, 11) is -4.10. The van der Waals surface area contributed by atoms with E-state index in [1.165, 1.54) is 0 Å². The predicted molar refractivity (Wildman–Crippen MR) is 125 cm³/mol. The van der Waals surface area contributed by atoms with E-state index in [9.17, 15) is 28.1 Å². The average Bonchev–Trinajstić information content (AvgIpc) is 2.75. The first-order valence-electron chi connectivity index (χ1n) is 10.8. The number of nitro benzene ring substituents is 1. The molecule has 2 aromatic carbocycles. The van der Waals surface area contributed by atoms with Crippen LogP contribution < -0.4 is 5.32 Å². The van der Waals surface area contributed by atoms with Gasteiger partial charge in [0.2, 0.25) is 10.0 Å². The van der Waals surface area contributed by atoms with Gasteiger partial charge in [0, 0.05) is 18.7 Å². The summed E-state index contributed by atoms with van der Waals surface area (Å²) < 4.78 is 38.1. The SMILES string of the molecule is CC(C)(C)OC(=O)N[C@@H](C(=O)OCc1ccccc1)[C@@H]1CCN1S(=O)(=O)c1ccc([N+](=O)[O-])cc1. The Labute approximate surface area is 203 Å². The summed E-state index contributed by atoms with van der Waals surface area (Å²) in [5, 5.41) is 13.3. The van der Waals surface area contributed by atoms with Gasteiger partial charge in [0.15, 0.2) is 0 Å². The number of non-ortho nitro benzene ring substituents is 1. The van der Waals surface area contributed by atoms with Crippen LogP contribution in [-0.2, 0) is 30.9 Å². The van der Waals surface area contributed by atoms with Crippen LogP contribution in [0.2, 0.25) is 0 Å². The number of nitrogens with zero attached hydrogens (tertiary/aromatic N) is 2. The number of carbonyl (C=O) groups excluding carboxylic acids is 2. The minimum atomic E-state index is -4.10. The normalized spacial score (nSPS) is 17.1. The third-order valence-corrected chi connectivity index (χ3v) is 7.14. The van der Waals surface area contributed by atoms with Gasteiger partial charge >= 0.3 is 12.1 Å². The van der Waals surface area contributed by atoms with Crippen LogP contribution in [0.1, 0.15) is 32.8 Å². The highest BCUT2D eigenvalue weighted by Gasteiger charge is 2.47. The molecule has 35 heavy (non-hydrogen) atoms. The Morgan fingerprint density at radius 1 is 1.14 bits per heavy atom. The number of amides is 1. The second kappa shape index (κ2) is 10.4. The first-order chi connectivity index (χ1) is 16.4. The van der Waals surface area contributed by atoms with Gasteiger partial charge in [0.25, 0.3) is 5.69 Å². The molecule has 2 atom stereocenters. The molecule has 2 aromatic rings. The lowest BCUT2D eigenvalue weighted by Crippen LogP contribution is -2.64. The lowest BCUT2D eigenvalue weighted by atomic mass is 9.98. The van der Waals surface area contributed by atoms with E-state index in [1.807, 2.05) is 6.07 Å². The molecule has 1 saturated heterocycles. The highest BCUT2D eigenvalue weighted by atomic mass is 32.2. The van der Waals surface area contributed by atoms with E-state index in [2.05, 4.69) is 5.32 Å². The van der Waals surface area contributed by atoms with E-state index in [4.69, 9.17) is 9.47 Å². The maximum atomic E-state index is 13.2. The number of sulfonamides is 1. The Hall–Kier alpha value is -3.51. The molecule has 1 N–H and O–H groups in total. The van der Waals surface area contributed by atoms with Gasteiger partial charge in [-0.05, 0) is 44.9 Å². The lowest BCUT2D eigenvalue weighted by molar-refractivity contribution is -0.384. The molecule has 0 saturated carbocycles. The fourth-order valence-electron chi connectivity index (χ4n) is 3.46. The zero-order valence-corrected chi connectivity index (χ0v) is 20.4. The van der Waals surface area contributed by atoms with Crippen molar-refractivity contribution >= 4 is 27.8 Å². The number of hydrogen-bond donors (Lipinski definition) is 1. The number of alkyl carbamates (subject to hydrolysis) is 1. The zero-order valence-electron chi connectivity index (χ0n) is 19.5. The summed E-state index contributed by atoms with van der Waals surface area (Å²) in [5.41, 5.74) is -0.369. The highest BCUT2D eigenvalue weighted by Crippen LogP contribution is 2.30. The number of rotatable bonds is 8. The van der Waals surface area contributed by atoms with Gasteiger partial charge in [-0.3, -0.25) is 10.1 Å². The molecular formula is C23H27N3O8S. The van der Waals surface area contributed by atoms with Gasteiger partial charge in [0.1, 0.15) is 18.2 Å². The number of nitro groups is 1. The quantitative estimate of drug-likeness (QED) is 0.327. The summed E-state index contributed by atoms with van der Waals surface area (Å²) >= 11 is 0.